The van der Waals surface area contributed by atoms with Crippen molar-refractivity contribution in [3.63, 3.8) is 0 Å². The fraction of sp³-hybridized carbons (Fsp3) is 0.909. The van der Waals surface area contributed by atoms with Gasteiger partial charge in [0.05, 0.1) is 0 Å². The van der Waals surface area contributed by atoms with Crippen LogP contribution in [0.25, 0.3) is 0 Å². The molecule has 0 aromatic rings. The van der Waals surface area contributed by atoms with Gasteiger partial charge in [-0.1, -0.05) is 0 Å². The van der Waals surface area contributed by atoms with E-state index < -0.39 is 11.8 Å². The van der Waals surface area contributed by atoms with Crippen LogP contribution in [-0.2, 0) is 4.79 Å². The molecule has 2 rings (SSSR count). The largest absolute Gasteiger partial charge is 0.356 e. The number of hydrogen-bond donors (Lipinski definition) is 2. The van der Waals surface area contributed by atoms with Crippen molar-refractivity contribution in [1.82, 2.24) is 10.6 Å². The van der Waals surface area contributed by atoms with E-state index in [0.717, 1.165) is 25.9 Å². The minimum atomic E-state index is -2.58. The van der Waals surface area contributed by atoms with Crippen molar-refractivity contribution in [2.75, 3.05) is 19.6 Å². The Bertz CT molecular complexity index is 265. The van der Waals surface area contributed by atoms with Crippen LogP contribution >= 0.6 is 0 Å². The number of rotatable bonds is 4. The van der Waals surface area contributed by atoms with Crippen molar-refractivity contribution < 1.29 is 13.6 Å². The predicted molar refractivity (Wildman–Crippen MR) is 56.3 cm³/mol. The van der Waals surface area contributed by atoms with Gasteiger partial charge in [0.15, 0.2) is 0 Å². The molecule has 3 nitrogen and oxygen atoms in total. The summed E-state index contributed by atoms with van der Waals surface area (Å²) in [4.78, 5) is 11.4. The molecule has 2 fully saturated rings. The molecule has 1 amide bonds. The van der Waals surface area contributed by atoms with Gasteiger partial charge >= 0.3 is 0 Å². The minimum Gasteiger partial charge on any atom is -0.356 e. The summed E-state index contributed by atoms with van der Waals surface area (Å²) in [5.41, 5.74) is 0. The van der Waals surface area contributed by atoms with Crippen molar-refractivity contribution in [3.05, 3.63) is 0 Å². The standard InChI is InChI=1S/C11H18F2N2O/c12-11(13)6-9(11)5-10(16)15-7-8-1-3-14-4-2-8/h8-9,14H,1-7H2,(H,15,16). The van der Waals surface area contributed by atoms with Gasteiger partial charge in [-0.2, -0.15) is 0 Å². The van der Waals surface area contributed by atoms with Gasteiger partial charge in [-0.25, -0.2) is 8.78 Å². The van der Waals surface area contributed by atoms with E-state index in [2.05, 4.69) is 10.6 Å². The second kappa shape index (κ2) is 4.65. The van der Waals surface area contributed by atoms with Gasteiger partial charge in [-0.15, -0.1) is 0 Å². The quantitative estimate of drug-likeness (QED) is 0.763. The Morgan fingerprint density at radius 3 is 2.56 bits per heavy atom. The average molecular weight is 232 g/mol. The smallest absolute Gasteiger partial charge is 0.252 e. The number of hydrogen-bond acceptors (Lipinski definition) is 2. The molecule has 1 aliphatic heterocycles. The van der Waals surface area contributed by atoms with Crippen LogP contribution in [0.5, 0.6) is 0 Å². The topological polar surface area (TPSA) is 41.1 Å². The van der Waals surface area contributed by atoms with E-state index in [1.54, 1.807) is 0 Å². The van der Waals surface area contributed by atoms with E-state index in [-0.39, 0.29) is 18.7 Å². The molecule has 2 N–H and O–H groups in total. The number of amides is 1. The third-order valence-corrected chi connectivity index (χ3v) is 3.43. The number of alkyl halides is 2. The van der Waals surface area contributed by atoms with Crippen LogP contribution in [0, 0.1) is 11.8 Å². The Labute approximate surface area is 94.0 Å². The zero-order chi connectivity index (χ0) is 11.6. The number of piperidine rings is 1. The van der Waals surface area contributed by atoms with Crippen LogP contribution in [0.15, 0.2) is 0 Å². The maximum atomic E-state index is 12.6. The maximum absolute atomic E-state index is 12.6. The molecule has 0 spiro atoms. The van der Waals surface area contributed by atoms with Gasteiger partial charge in [-0.05, 0) is 31.8 Å². The lowest BCUT2D eigenvalue weighted by molar-refractivity contribution is -0.122. The lowest BCUT2D eigenvalue weighted by atomic mass is 9.98. The lowest BCUT2D eigenvalue weighted by Crippen LogP contribution is -2.36. The molecule has 0 radical (unpaired) electrons. The first kappa shape index (κ1) is 11.8. The molecule has 1 aliphatic carbocycles. The first-order valence-electron chi connectivity index (χ1n) is 5.93. The summed E-state index contributed by atoms with van der Waals surface area (Å²) in [5, 5.41) is 6.00. The summed E-state index contributed by atoms with van der Waals surface area (Å²) in [7, 11) is 0. The second-order valence-electron chi connectivity index (χ2n) is 4.86. The van der Waals surface area contributed by atoms with Gasteiger partial charge in [0.1, 0.15) is 0 Å². The van der Waals surface area contributed by atoms with E-state index in [9.17, 15) is 13.6 Å². The normalized spacial score (nSPS) is 28.8. The van der Waals surface area contributed by atoms with E-state index in [1.165, 1.54) is 0 Å². The Morgan fingerprint density at radius 1 is 1.38 bits per heavy atom. The number of carbonyl (C=O) groups is 1. The molecule has 16 heavy (non-hydrogen) atoms. The molecule has 2 aliphatic rings. The van der Waals surface area contributed by atoms with Crippen LogP contribution in [0.3, 0.4) is 0 Å². The maximum Gasteiger partial charge on any atom is 0.252 e. The third kappa shape index (κ3) is 3.14. The average Bonchev–Trinajstić information content (AvgIpc) is 2.84. The Morgan fingerprint density at radius 2 is 2.00 bits per heavy atom. The van der Waals surface area contributed by atoms with Crippen molar-refractivity contribution in [1.29, 1.82) is 0 Å². The Hall–Kier alpha value is -0.710. The lowest BCUT2D eigenvalue weighted by Gasteiger charge is -2.22. The number of nitrogens with one attached hydrogen (secondary N) is 2. The van der Waals surface area contributed by atoms with Crippen molar-refractivity contribution in [2.24, 2.45) is 11.8 Å². The highest BCUT2D eigenvalue weighted by Gasteiger charge is 2.57. The Kier molecular flexibility index (Phi) is 3.42. The van der Waals surface area contributed by atoms with Gasteiger partial charge in [-0.3, -0.25) is 4.79 Å². The summed E-state index contributed by atoms with van der Waals surface area (Å²) in [6.07, 6.45) is 1.98. The molecule has 0 aromatic carbocycles. The van der Waals surface area contributed by atoms with Crippen molar-refractivity contribution >= 4 is 5.91 Å². The molecular formula is C11H18F2N2O. The number of carbonyl (C=O) groups excluding carboxylic acids is 1. The molecule has 0 bridgehead atoms. The highest BCUT2D eigenvalue weighted by atomic mass is 19.3. The molecule has 0 aromatic heterocycles. The van der Waals surface area contributed by atoms with E-state index in [0.29, 0.717) is 12.5 Å². The minimum absolute atomic E-state index is 0.0159. The first-order chi connectivity index (χ1) is 7.58. The molecule has 5 heteroatoms. The Balaban J connectivity index is 1.60. The summed E-state index contributed by atoms with van der Waals surface area (Å²) in [6.45, 7) is 2.61. The first-order valence-corrected chi connectivity index (χ1v) is 5.93. The van der Waals surface area contributed by atoms with E-state index >= 15 is 0 Å². The molecule has 1 heterocycles. The van der Waals surface area contributed by atoms with Crippen LogP contribution in [-0.4, -0.2) is 31.5 Å². The predicted octanol–water partition coefficient (Wildman–Crippen LogP) is 1.15. The van der Waals surface area contributed by atoms with Gasteiger partial charge in [0.2, 0.25) is 5.91 Å². The van der Waals surface area contributed by atoms with Crippen molar-refractivity contribution in [3.8, 4) is 0 Å². The molecular weight excluding hydrogens is 214 g/mol. The molecule has 92 valence electrons. The summed E-state index contributed by atoms with van der Waals surface area (Å²) in [5.74, 6) is -3.00. The van der Waals surface area contributed by atoms with Gasteiger partial charge in [0.25, 0.3) is 5.92 Å². The zero-order valence-corrected chi connectivity index (χ0v) is 9.27. The van der Waals surface area contributed by atoms with E-state index in [1.807, 2.05) is 0 Å². The van der Waals surface area contributed by atoms with Crippen molar-refractivity contribution in [2.45, 2.75) is 31.6 Å². The zero-order valence-electron chi connectivity index (χ0n) is 9.27. The van der Waals surface area contributed by atoms with Crippen LogP contribution in [0.1, 0.15) is 25.7 Å². The molecule has 1 saturated heterocycles. The fourth-order valence-electron chi connectivity index (χ4n) is 2.13. The molecule has 1 unspecified atom stereocenters. The van der Waals surface area contributed by atoms with Gasteiger partial charge in [0, 0.05) is 25.3 Å². The highest BCUT2D eigenvalue weighted by Crippen LogP contribution is 2.50. The second-order valence-corrected chi connectivity index (χ2v) is 4.86. The summed E-state index contributed by atoms with van der Waals surface area (Å²) >= 11 is 0. The molecule has 1 saturated carbocycles. The fourth-order valence-corrected chi connectivity index (χ4v) is 2.13. The van der Waals surface area contributed by atoms with Crippen LogP contribution in [0.2, 0.25) is 0 Å². The van der Waals surface area contributed by atoms with E-state index in [4.69, 9.17) is 0 Å². The SMILES string of the molecule is O=C(CC1CC1(F)F)NCC1CCNCC1. The number of halogens is 2. The molecule has 1 atom stereocenters. The third-order valence-electron chi connectivity index (χ3n) is 3.43. The summed E-state index contributed by atoms with van der Waals surface area (Å²) < 4.78 is 25.1. The van der Waals surface area contributed by atoms with Gasteiger partial charge < -0.3 is 10.6 Å². The highest BCUT2D eigenvalue weighted by molar-refractivity contribution is 5.76. The summed E-state index contributed by atoms with van der Waals surface area (Å²) in [6, 6.07) is 0. The van der Waals surface area contributed by atoms with Crippen LogP contribution in [0.4, 0.5) is 8.78 Å². The monoisotopic (exact) mass is 232 g/mol. The van der Waals surface area contributed by atoms with Crippen LogP contribution < -0.4 is 10.6 Å².